The van der Waals surface area contributed by atoms with E-state index in [4.69, 9.17) is 0 Å². The zero-order valence-electron chi connectivity index (χ0n) is 12.3. The summed E-state index contributed by atoms with van der Waals surface area (Å²) in [5, 5.41) is 2.94. The molecule has 0 atom stereocenters. The molecule has 0 bridgehead atoms. The summed E-state index contributed by atoms with van der Waals surface area (Å²) in [6, 6.07) is 32.8. The fourth-order valence-electron chi connectivity index (χ4n) is 2.79. The molecule has 3 rings (SSSR count). The first-order valence-corrected chi connectivity index (χ1v) is 9.72. The average Bonchev–Trinajstić information content (AvgIpc) is 2.57. The van der Waals surface area contributed by atoms with Gasteiger partial charge in [0.05, 0.1) is 30.7 Å². The second kappa shape index (κ2) is 6.24. The standard InChI is InChI=1S/C20H20P/c1-21(19-13-7-3-8-14-19,20-15-9-4-10-16-20)17-18-11-5-2-6-12-18/h2-16H,17H2,1H3/q+1. The van der Waals surface area contributed by atoms with Gasteiger partial charge in [0.15, 0.2) is 0 Å². The molecule has 21 heavy (non-hydrogen) atoms. The fourth-order valence-corrected chi connectivity index (χ4v) is 6.06. The van der Waals surface area contributed by atoms with Crippen molar-refractivity contribution in [3.63, 3.8) is 0 Å². The van der Waals surface area contributed by atoms with Gasteiger partial charge in [0.25, 0.3) is 0 Å². The second-order valence-corrected chi connectivity index (χ2v) is 9.24. The monoisotopic (exact) mass is 291 g/mol. The van der Waals surface area contributed by atoms with Gasteiger partial charge >= 0.3 is 0 Å². The molecule has 0 N–H and O–H groups in total. The zero-order valence-corrected chi connectivity index (χ0v) is 13.2. The van der Waals surface area contributed by atoms with E-state index in [0.29, 0.717) is 0 Å². The molecule has 0 heterocycles. The van der Waals surface area contributed by atoms with Crippen molar-refractivity contribution in [2.45, 2.75) is 6.16 Å². The molecule has 0 aliphatic heterocycles. The predicted octanol–water partition coefficient (Wildman–Crippen LogP) is 4.49. The van der Waals surface area contributed by atoms with Crippen molar-refractivity contribution in [3.05, 3.63) is 96.6 Å². The van der Waals surface area contributed by atoms with Crippen LogP contribution in [0.1, 0.15) is 5.56 Å². The van der Waals surface area contributed by atoms with Crippen molar-refractivity contribution in [1.29, 1.82) is 0 Å². The van der Waals surface area contributed by atoms with Crippen LogP contribution in [0.5, 0.6) is 0 Å². The molecule has 0 amide bonds. The van der Waals surface area contributed by atoms with Crippen molar-refractivity contribution in [1.82, 2.24) is 0 Å². The Bertz CT molecular complexity index is 635. The lowest BCUT2D eigenvalue weighted by Gasteiger charge is -2.23. The van der Waals surface area contributed by atoms with Gasteiger partial charge in [-0.3, -0.25) is 0 Å². The molecule has 0 aliphatic carbocycles. The van der Waals surface area contributed by atoms with Gasteiger partial charge in [0.1, 0.15) is 0 Å². The summed E-state index contributed by atoms with van der Waals surface area (Å²) >= 11 is 0. The van der Waals surface area contributed by atoms with E-state index in [1.807, 2.05) is 0 Å². The Morgan fingerprint density at radius 2 is 0.952 bits per heavy atom. The van der Waals surface area contributed by atoms with E-state index in [2.05, 4.69) is 97.7 Å². The van der Waals surface area contributed by atoms with Crippen LogP contribution in [0.2, 0.25) is 0 Å². The second-order valence-electron chi connectivity index (χ2n) is 5.51. The van der Waals surface area contributed by atoms with Gasteiger partial charge in [-0.1, -0.05) is 66.7 Å². The predicted molar refractivity (Wildman–Crippen MR) is 95.1 cm³/mol. The Hall–Kier alpha value is -1.91. The summed E-state index contributed by atoms with van der Waals surface area (Å²) in [4.78, 5) is 0. The van der Waals surface area contributed by atoms with E-state index in [0.717, 1.165) is 6.16 Å². The van der Waals surface area contributed by atoms with Crippen LogP contribution in [-0.2, 0) is 6.16 Å². The lowest BCUT2D eigenvalue weighted by molar-refractivity contribution is 1.39. The van der Waals surface area contributed by atoms with Crippen LogP contribution in [0.15, 0.2) is 91.0 Å². The molecule has 3 aromatic carbocycles. The van der Waals surface area contributed by atoms with E-state index in [-0.39, 0.29) is 0 Å². The molecular formula is C20H20P+. The van der Waals surface area contributed by atoms with Crippen molar-refractivity contribution < 1.29 is 0 Å². The largest absolute Gasteiger partial charge is 0.0992 e. The number of hydrogen-bond acceptors (Lipinski definition) is 0. The third-order valence-corrected chi connectivity index (χ3v) is 7.87. The molecule has 0 saturated carbocycles. The molecular weight excluding hydrogens is 271 g/mol. The molecule has 0 unspecified atom stereocenters. The first-order valence-electron chi connectivity index (χ1n) is 7.30. The summed E-state index contributed by atoms with van der Waals surface area (Å²) < 4.78 is 0. The van der Waals surface area contributed by atoms with Crippen molar-refractivity contribution in [2.75, 3.05) is 6.66 Å². The quantitative estimate of drug-likeness (QED) is 0.622. The van der Waals surface area contributed by atoms with E-state index in [1.165, 1.54) is 16.2 Å². The molecule has 0 fully saturated rings. The van der Waals surface area contributed by atoms with Crippen molar-refractivity contribution in [2.24, 2.45) is 0 Å². The highest BCUT2D eigenvalue weighted by Crippen LogP contribution is 2.55. The van der Waals surface area contributed by atoms with Gasteiger partial charge in [-0.15, -0.1) is 0 Å². The van der Waals surface area contributed by atoms with Crippen LogP contribution >= 0.6 is 7.26 Å². The Kier molecular flexibility index (Phi) is 4.18. The maximum atomic E-state index is 2.45. The summed E-state index contributed by atoms with van der Waals surface area (Å²) in [6.45, 7) is 2.45. The van der Waals surface area contributed by atoms with Crippen LogP contribution in [0.25, 0.3) is 0 Å². The van der Waals surface area contributed by atoms with Crippen LogP contribution in [0, 0.1) is 0 Å². The minimum atomic E-state index is -1.40. The maximum Gasteiger partial charge on any atom is 0.0992 e. The molecule has 0 saturated heterocycles. The van der Waals surface area contributed by atoms with Crippen LogP contribution in [-0.4, -0.2) is 6.66 Å². The number of benzene rings is 3. The minimum absolute atomic E-state index is 1.11. The first-order chi connectivity index (χ1) is 10.3. The van der Waals surface area contributed by atoms with Gasteiger partial charge in [-0.05, 0) is 29.8 Å². The maximum absolute atomic E-state index is 2.45. The SMILES string of the molecule is C[P+](Cc1ccccc1)(c1ccccc1)c1ccccc1. The molecule has 0 nitrogen and oxygen atoms in total. The van der Waals surface area contributed by atoms with Crippen LogP contribution in [0.4, 0.5) is 0 Å². The molecule has 104 valence electrons. The third kappa shape index (κ3) is 3.06. The normalized spacial score (nSPS) is 11.3. The highest BCUT2D eigenvalue weighted by molar-refractivity contribution is 7.88. The number of hydrogen-bond donors (Lipinski definition) is 0. The topological polar surface area (TPSA) is 0 Å². The average molecular weight is 291 g/mol. The Morgan fingerprint density at radius 3 is 1.38 bits per heavy atom. The van der Waals surface area contributed by atoms with E-state index < -0.39 is 7.26 Å². The van der Waals surface area contributed by atoms with E-state index in [1.54, 1.807) is 0 Å². The van der Waals surface area contributed by atoms with E-state index >= 15 is 0 Å². The van der Waals surface area contributed by atoms with Crippen molar-refractivity contribution in [3.8, 4) is 0 Å². The third-order valence-electron chi connectivity index (χ3n) is 3.99. The molecule has 0 aromatic heterocycles. The number of rotatable bonds is 4. The highest BCUT2D eigenvalue weighted by Gasteiger charge is 2.37. The molecule has 0 aliphatic rings. The summed E-state index contributed by atoms with van der Waals surface area (Å²) in [5.74, 6) is 0. The summed E-state index contributed by atoms with van der Waals surface area (Å²) in [5.41, 5.74) is 1.42. The molecule has 0 spiro atoms. The highest BCUT2D eigenvalue weighted by atomic mass is 31.2. The fraction of sp³-hybridized carbons (Fsp3) is 0.100. The van der Waals surface area contributed by atoms with Gasteiger partial charge in [0, 0.05) is 0 Å². The van der Waals surface area contributed by atoms with Crippen LogP contribution < -0.4 is 10.6 Å². The van der Waals surface area contributed by atoms with E-state index in [9.17, 15) is 0 Å². The van der Waals surface area contributed by atoms with Gasteiger partial charge in [0.2, 0.25) is 0 Å². The molecule has 1 heteroatoms. The minimum Gasteiger partial charge on any atom is -0.0622 e. The lowest BCUT2D eigenvalue weighted by atomic mass is 10.2. The Balaban J connectivity index is 2.07. The van der Waals surface area contributed by atoms with Crippen molar-refractivity contribution >= 4 is 17.9 Å². The Morgan fingerprint density at radius 1 is 0.571 bits per heavy atom. The van der Waals surface area contributed by atoms with Gasteiger partial charge in [-0.25, -0.2) is 0 Å². The zero-order chi connectivity index (χ0) is 14.5. The van der Waals surface area contributed by atoms with Gasteiger partial charge < -0.3 is 0 Å². The smallest absolute Gasteiger partial charge is 0.0622 e. The Labute approximate surface area is 127 Å². The summed E-state index contributed by atoms with van der Waals surface area (Å²) in [7, 11) is -1.40. The summed E-state index contributed by atoms with van der Waals surface area (Å²) in [6.07, 6.45) is 1.11. The van der Waals surface area contributed by atoms with Crippen LogP contribution in [0.3, 0.4) is 0 Å². The first kappa shape index (κ1) is 14.0. The van der Waals surface area contributed by atoms with Gasteiger partial charge in [-0.2, -0.15) is 0 Å². The lowest BCUT2D eigenvalue weighted by Crippen LogP contribution is -2.22. The molecule has 3 aromatic rings. The molecule has 0 radical (unpaired) electrons.